The summed E-state index contributed by atoms with van der Waals surface area (Å²) in [6, 6.07) is 11.3. The molecular weight excluding hydrogens is 468 g/mol. The molecule has 2 aliphatic rings. The first-order chi connectivity index (χ1) is 16.9. The zero-order chi connectivity index (χ0) is 24.4. The van der Waals surface area contributed by atoms with Gasteiger partial charge in [-0.15, -0.1) is 0 Å². The number of aromatic nitrogens is 1. The number of rotatable bonds is 8. The van der Waals surface area contributed by atoms with E-state index in [0.29, 0.717) is 23.2 Å². The maximum absolute atomic E-state index is 11.6. The minimum Gasteiger partial charge on any atom is -0.493 e. The van der Waals surface area contributed by atoms with E-state index >= 15 is 0 Å². The number of anilines is 1. The normalized spacial score (nSPS) is 18.2. The highest BCUT2D eigenvalue weighted by molar-refractivity contribution is 7.89. The van der Waals surface area contributed by atoms with Crippen LogP contribution in [0, 0.1) is 0 Å². The Balaban J connectivity index is 1.17. The molecule has 2 heterocycles. The van der Waals surface area contributed by atoms with Crippen molar-refractivity contribution in [3.05, 3.63) is 42.0 Å². The molecule has 1 saturated carbocycles. The van der Waals surface area contributed by atoms with Gasteiger partial charge in [-0.1, -0.05) is 6.07 Å². The van der Waals surface area contributed by atoms with Gasteiger partial charge in [-0.25, -0.2) is 13.6 Å². The number of piperidine rings is 1. The van der Waals surface area contributed by atoms with Gasteiger partial charge < -0.3 is 19.2 Å². The maximum Gasteiger partial charge on any atom is 0.295 e. The van der Waals surface area contributed by atoms with Crippen molar-refractivity contribution in [3.63, 3.8) is 0 Å². The van der Waals surface area contributed by atoms with Gasteiger partial charge in [0.25, 0.3) is 6.01 Å². The van der Waals surface area contributed by atoms with Crippen LogP contribution in [0.4, 0.5) is 6.01 Å². The average Bonchev–Trinajstić information content (AvgIpc) is 3.49. The highest BCUT2D eigenvalue weighted by atomic mass is 32.2. The molecule has 1 aliphatic carbocycles. The van der Waals surface area contributed by atoms with E-state index in [0.717, 1.165) is 56.8 Å². The Morgan fingerprint density at radius 1 is 1.09 bits per heavy atom. The van der Waals surface area contributed by atoms with Crippen LogP contribution in [0.2, 0.25) is 0 Å². The lowest BCUT2D eigenvalue weighted by Crippen LogP contribution is -2.38. The lowest BCUT2D eigenvalue weighted by atomic mass is 10.0. The second-order valence-corrected chi connectivity index (χ2v) is 11.0. The van der Waals surface area contributed by atoms with Gasteiger partial charge in [-0.2, -0.15) is 4.98 Å². The molecule has 10 heteroatoms. The van der Waals surface area contributed by atoms with Gasteiger partial charge in [0.15, 0.2) is 17.1 Å². The Morgan fingerprint density at radius 3 is 2.57 bits per heavy atom. The summed E-state index contributed by atoms with van der Waals surface area (Å²) in [7, 11) is -2.09. The average molecular weight is 501 g/mol. The summed E-state index contributed by atoms with van der Waals surface area (Å²) >= 11 is 0. The lowest BCUT2D eigenvalue weighted by molar-refractivity contribution is 0.197. The number of ether oxygens (including phenoxy) is 2. The van der Waals surface area contributed by atoms with Crippen LogP contribution in [0.1, 0.15) is 44.1 Å². The van der Waals surface area contributed by atoms with E-state index in [1.807, 2.05) is 6.07 Å². The fourth-order valence-electron chi connectivity index (χ4n) is 4.91. The van der Waals surface area contributed by atoms with Crippen LogP contribution < -0.4 is 19.9 Å². The second kappa shape index (κ2) is 10.0. The van der Waals surface area contributed by atoms with Crippen molar-refractivity contribution in [3.8, 4) is 11.5 Å². The zero-order valence-electron chi connectivity index (χ0n) is 19.9. The monoisotopic (exact) mass is 500 g/mol. The van der Waals surface area contributed by atoms with E-state index in [1.165, 1.54) is 30.5 Å². The topological polar surface area (TPSA) is 120 Å². The van der Waals surface area contributed by atoms with E-state index in [-0.39, 0.29) is 10.9 Å². The van der Waals surface area contributed by atoms with Gasteiger partial charge in [-0.3, -0.25) is 4.90 Å². The number of hydrogen-bond donors (Lipinski definition) is 2. The molecule has 0 amide bonds. The lowest BCUT2D eigenvalue weighted by Gasteiger charge is -2.32. The number of nitrogens with one attached hydrogen (secondary N) is 1. The van der Waals surface area contributed by atoms with Crippen LogP contribution in [-0.4, -0.2) is 50.6 Å². The molecule has 0 bridgehead atoms. The quantitative estimate of drug-likeness (QED) is 0.478. The Bertz CT molecular complexity index is 1280. The predicted octanol–water partition coefficient (Wildman–Crippen LogP) is 3.88. The number of likely N-dealkylation sites (tertiary alicyclic amines) is 1. The molecule has 9 nitrogen and oxygen atoms in total. The first kappa shape index (κ1) is 23.9. The number of nitrogens with zero attached hydrogens (tertiary/aromatic N) is 2. The zero-order valence-corrected chi connectivity index (χ0v) is 20.7. The molecule has 0 spiro atoms. The highest BCUT2D eigenvalue weighted by Gasteiger charge is 2.23. The van der Waals surface area contributed by atoms with Crippen molar-refractivity contribution < 1.29 is 22.3 Å². The summed E-state index contributed by atoms with van der Waals surface area (Å²) in [4.78, 5) is 6.85. The second-order valence-electron chi connectivity index (χ2n) is 9.40. The molecule has 35 heavy (non-hydrogen) atoms. The maximum atomic E-state index is 11.6. The molecule has 1 aliphatic heterocycles. The van der Waals surface area contributed by atoms with Crippen LogP contribution in [0.3, 0.4) is 0 Å². The minimum atomic E-state index is -3.78. The minimum absolute atomic E-state index is 0.0217. The third kappa shape index (κ3) is 5.71. The van der Waals surface area contributed by atoms with Crippen molar-refractivity contribution in [1.29, 1.82) is 0 Å². The molecular formula is C25H32N4O5S. The van der Waals surface area contributed by atoms with E-state index in [4.69, 9.17) is 19.0 Å². The van der Waals surface area contributed by atoms with Gasteiger partial charge >= 0.3 is 0 Å². The van der Waals surface area contributed by atoms with Crippen LogP contribution in [-0.2, 0) is 16.6 Å². The third-order valence-electron chi connectivity index (χ3n) is 6.83. The van der Waals surface area contributed by atoms with Crippen LogP contribution in [0.5, 0.6) is 11.5 Å². The van der Waals surface area contributed by atoms with Gasteiger partial charge in [-0.05, 0) is 74.4 Å². The van der Waals surface area contributed by atoms with E-state index < -0.39 is 10.0 Å². The van der Waals surface area contributed by atoms with Gasteiger partial charge in [0, 0.05) is 25.7 Å². The molecule has 188 valence electrons. The molecule has 1 aromatic heterocycles. The largest absolute Gasteiger partial charge is 0.493 e. The molecule has 0 radical (unpaired) electrons. The number of fused-ring (bicyclic) bond motifs is 1. The van der Waals surface area contributed by atoms with Crippen molar-refractivity contribution in [2.24, 2.45) is 5.14 Å². The molecule has 2 aromatic carbocycles. The number of benzene rings is 2. The summed E-state index contributed by atoms with van der Waals surface area (Å²) in [5.74, 6) is 1.63. The highest BCUT2D eigenvalue weighted by Crippen LogP contribution is 2.33. The van der Waals surface area contributed by atoms with Crippen LogP contribution in [0.25, 0.3) is 11.1 Å². The number of nitrogens with two attached hydrogens (primary N) is 1. The van der Waals surface area contributed by atoms with E-state index in [9.17, 15) is 8.42 Å². The predicted molar refractivity (Wildman–Crippen MR) is 133 cm³/mol. The van der Waals surface area contributed by atoms with Crippen molar-refractivity contribution >= 4 is 27.1 Å². The Hall–Kier alpha value is -2.82. The van der Waals surface area contributed by atoms with Crippen molar-refractivity contribution in [2.45, 2.75) is 62.1 Å². The molecule has 5 rings (SSSR count). The summed E-state index contributed by atoms with van der Waals surface area (Å²) in [5, 5.41) is 8.57. The van der Waals surface area contributed by atoms with Gasteiger partial charge in [0.05, 0.1) is 18.1 Å². The van der Waals surface area contributed by atoms with Crippen LogP contribution >= 0.6 is 0 Å². The fraction of sp³-hybridized carbons (Fsp3) is 0.480. The number of sulfonamides is 1. The fourth-order valence-corrected chi connectivity index (χ4v) is 5.45. The summed E-state index contributed by atoms with van der Waals surface area (Å²) in [6.45, 7) is 2.74. The summed E-state index contributed by atoms with van der Waals surface area (Å²) < 4.78 is 40.7. The summed E-state index contributed by atoms with van der Waals surface area (Å²) in [5.41, 5.74) is 2.20. The number of oxazole rings is 1. The van der Waals surface area contributed by atoms with Gasteiger partial charge in [0.1, 0.15) is 5.52 Å². The molecule has 3 N–H and O–H groups in total. The Kier molecular flexibility index (Phi) is 6.86. The van der Waals surface area contributed by atoms with Gasteiger partial charge in [0.2, 0.25) is 10.0 Å². The third-order valence-corrected chi connectivity index (χ3v) is 7.74. The molecule has 2 fully saturated rings. The Morgan fingerprint density at radius 2 is 1.86 bits per heavy atom. The molecule has 1 saturated heterocycles. The van der Waals surface area contributed by atoms with E-state index in [1.54, 1.807) is 13.2 Å². The smallest absolute Gasteiger partial charge is 0.295 e. The first-order valence-corrected chi connectivity index (χ1v) is 13.7. The molecule has 0 atom stereocenters. The molecule has 3 aromatic rings. The number of primary sulfonamides is 1. The summed E-state index contributed by atoms with van der Waals surface area (Å²) in [6.07, 6.45) is 6.87. The van der Waals surface area contributed by atoms with E-state index in [2.05, 4.69) is 27.3 Å². The Labute approximate surface area is 205 Å². The first-order valence-electron chi connectivity index (χ1n) is 12.1. The van der Waals surface area contributed by atoms with Crippen molar-refractivity contribution in [1.82, 2.24) is 9.88 Å². The number of hydrogen-bond acceptors (Lipinski definition) is 8. The number of methoxy groups -OCH3 is 1. The SMILES string of the molecule is COc1ccc(CN2CCC(Nc3nc4cc(S(N)(=O)=O)ccc4o3)CC2)cc1OC1CCCC1. The van der Waals surface area contributed by atoms with Crippen LogP contribution in [0.15, 0.2) is 45.7 Å². The molecule has 0 unspecified atom stereocenters. The van der Waals surface area contributed by atoms with Crippen molar-refractivity contribution in [2.75, 3.05) is 25.5 Å². The standard InChI is InChI=1S/C25H32N4O5S/c1-32-23-8-6-17(14-24(23)33-19-4-2-3-5-19)16-29-12-10-18(11-13-29)27-25-28-21-15-20(35(26,30)31)7-9-22(21)34-25/h6-9,14-15,18-19H,2-5,10-13,16H2,1H3,(H,27,28)(H2,26,30,31).